The zero-order valence-electron chi connectivity index (χ0n) is 15.4. The van der Waals surface area contributed by atoms with E-state index in [0.717, 1.165) is 27.1 Å². The highest BCUT2D eigenvalue weighted by Crippen LogP contribution is 2.21. The number of aryl methyl sites for hydroxylation is 1. The van der Waals surface area contributed by atoms with Gasteiger partial charge in [-0.25, -0.2) is 5.43 Å². The fraction of sp³-hybridized carbons (Fsp3) is 0.143. The molecule has 3 aromatic rings. The molecule has 0 fully saturated rings. The number of halogens is 2. The maximum absolute atomic E-state index is 11.9. The standard InChI is InChI=1S/C21H19BrClN3O2/c1-14-10-16(15(2)26(14)19-8-6-18(23)7-9-19)12-24-25-21(27)13-28-20-5-3-4-17(22)11-20/h3-12H,13H2,1-2H3,(H,25,27)/b24-12+. The van der Waals surface area contributed by atoms with Crippen LogP contribution in [0.5, 0.6) is 5.75 Å². The van der Waals surface area contributed by atoms with E-state index in [1.165, 1.54) is 0 Å². The molecular formula is C21H19BrClN3O2. The Morgan fingerprint density at radius 2 is 1.96 bits per heavy atom. The smallest absolute Gasteiger partial charge is 0.277 e. The first-order valence-corrected chi connectivity index (χ1v) is 9.76. The fourth-order valence-electron chi connectivity index (χ4n) is 2.82. The molecule has 0 bridgehead atoms. The summed E-state index contributed by atoms with van der Waals surface area (Å²) in [4.78, 5) is 11.9. The van der Waals surface area contributed by atoms with Gasteiger partial charge in [-0.3, -0.25) is 4.79 Å². The third-order valence-electron chi connectivity index (χ3n) is 4.11. The fourth-order valence-corrected chi connectivity index (χ4v) is 3.32. The van der Waals surface area contributed by atoms with Crippen molar-refractivity contribution >= 4 is 39.7 Å². The summed E-state index contributed by atoms with van der Waals surface area (Å²) in [5.74, 6) is 0.280. The molecule has 1 N–H and O–H groups in total. The maximum atomic E-state index is 11.9. The average Bonchev–Trinajstić information content (AvgIpc) is 2.95. The Balaban J connectivity index is 1.62. The molecule has 0 saturated heterocycles. The van der Waals surface area contributed by atoms with Gasteiger partial charge in [0, 0.05) is 32.1 Å². The van der Waals surface area contributed by atoms with Gasteiger partial charge in [-0.1, -0.05) is 33.6 Å². The van der Waals surface area contributed by atoms with Crippen molar-refractivity contribution in [3.63, 3.8) is 0 Å². The molecule has 2 aromatic carbocycles. The summed E-state index contributed by atoms with van der Waals surface area (Å²) in [6.45, 7) is 3.90. The van der Waals surface area contributed by atoms with E-state index < -0.39 is 0 Å². The van der Waals surface area contributed by atoms with Crippen molar-refractivity contribution in [3.8, 4) is 11.4 Å². The first-order chi connectivity index (χ1) is 13.4. The molecule has 0 aliphatic heterocycles. The predicted molar refractivity (Wildman–Crippen MR) is 116 cm³/mol. The molecule has 3 rings (SSSR count). The van der Waals surface area contributed by atoms with Crippen LogP contribution in [-0.4, -0.2) is 23.3 Å². The molecule has 1 amide bonds. The van der Waals surface area contributed by atoms with Crippen molar-refractivity contribution in [2.24, 2.45) is 5.10 Å². The van der Waals surface area contributed by atoms with Crippen molar-refractivity contribution in [2.45, 2.75) is 13.8 Å². The number of carbonyl (C=O) groups excluding carboxylic acids is 1. The Bertz CT molecular complexity index is 1010. The van der Waals surface area contributed by atoms with Gasteiger partial charge >= 0.3 is 0 Å². The van der Waals surface area contributed by atoms with Crippen molar-refractivity contribution in [1.29, 1.82) is 0 Å². The van der Waals surface area contributed by atoms with Crippen molar-refractivity contribution in [2.75, 3.05) is 6.61 Å². The number of aromatic nitrogens is 1. The topological polar surface area (TPSA) is 55.6 Å². The van der Waals surface area contributed by atoms with Gasteiger partial charge in [0.05, 0.1) is 6.21 Å². The van der Waals surface area contributed by atoms with Crippen molar-refractivity contribution in [1.82, 2.24) is 9.99 Å². The van der Waals surface area contributed by atoms with Gasteiger partial charge in [-0.2, -0.15) is 5.10 Å². The van der Waals surface area contributed by atoms with Gasteiger partial charge in [-0.05, 0) is 62.4 Å². The van der Waals surface area contributed by atoms with Crippen LogP contribution in [0, 0.1) is 13.8 Å². The summed E-state index contributed by atoms with van der Waals surface area (Å²) in [7, 11) is 0. The quantitative estimate of drug-likeness (QED) is 0.414. The molecule has 0 unspecified atom stereocenters. The number of carbonyl (C=O) groups is 1. The second-order valence-electron chi connectivity index (χ2n) is 6.18. The number of hydrogen-bond donors (Lipinski definition) is 1. The summed E-state index contributed by atoms with van der Waals surface area (Å²) < 4.78 is 8.43. The predicted octanol–water partition coefficient (Wildman–Crippen LogP) is 5.04. The molecule has 7 heteroatoms. The van der Waals surface area contributed by atoms with E-state index in [1.54, 1.807) is 18.3 Å². The molecule has 0 atom stereocenters. The van der Waals surface area contributed by atoms with E-state index in [1.807, 2.05) is 56.3 Å². The monoisotopic (exact) mass is 459 g/mol. The highest BCUT2D eigenvalue weighted by molar-refractivity contribution is 9.10. The molecule has 5 nitrogen and oxygen atoms in total. The Hall–Kier alpha value is -2.57. The Morgan fingerprint density at radius 3 is 2.68 bits per heavy atom. The van der Waals surface area contributed by atoms with Crippen LogP contribution in [0.15, 0.2) is 64.2 Å². The van der Waals surface area contributed by atoms with E-state index in [-0.39, 0.29) is 12.5 Å². The Kier molecular flexibility index (Phi) is 6.54. The summed E-state index contributed by atoms with van der Waals surface area (Å²) in [6.07, 6.45) is 1.63. The van der Waals surface area contributed by atoms with E-state index in [0.29, 0.717) is 10.8 Å². The molecule has 0 aliphatic carbocycles. The molecule has 1 heterocycles. The third-order valence-corrected chi connectivity index (χ3v) is 4.86. The Morgan fingerprint density at radius 1 is 1.21 bits per heavy atom. The van der Waals surface area contributed by atoms with E-state index >= 15 is 0 Å². The van der Waals surface area contributed by atoms with Crippen LogP contribution in [0.2, 0.25) is 5.02 Å². The summed E-state index contributed by atoms with van der Waals surface area (Å²) >= 11 is 9.33. The second kappa shape index (κ2) is 9.08. The number of rotatable bonds is 6. The van der Waals surface area contributed by atoms with Gasteiger partial charge in [0.15, 0.2) is 6.61 Å². The minimum Gasteiger partial charge on any atom is -0.484 e. The average molecular weight is 461 g/mol. The van der Waals surface area contributed by atoms with E-state index in [2.05, 4.69) is 31.0 Å². The first-order valence-electron chi connectivity index (χ1n) is 8.59. The number of hydrogen-bond acceptors (Lipinski definition) is 3. The highest BCUT2D eigenvalue weighted by Gasteiger charge is 2.09. The lowest BCUT2D eigenvalue weighted by Crippen LogP contribution is -2.24. The lowest BCUT2D eigenvalue weighted by atomic mass is 10.2. The van der Waals surface area contributed by atoms with Crippen LogP contribution in [0.1, 0.15) is 17.0 Å². The lowest BCUT2D eigenvalue weighted by molar-refractivity contribution is -0.123. The zero-order valence-corrected chi connectivity index (χ0v) is 17.8. The SMILES string of the molecule is Cc1cc(/C=N/NC(=O)COc2cccc(Br)c2)c(C)n1-c1ccc(Cl)cc1. The molecule has 0 spiro atoms. The first kappa shape index (κ1) is 20.2. The van der Waals surface area contributed by atoms with E-state index in [4.69, 9.17) is 16.3 Å². The summed E-state index contributed by atoms with van der Waals surface area (Å²) in [6, 6.07) is 17.0. The van der Waals surface area contributed by atoms with Gasteiger partial charge in [0.2, 0.25) is 0 Å². The van der Waals surface area contributed by atoms with Crippen LogP contribution in [-0.2, 0) is 4.79 Å². The molecule has 144 valence electrons. The lowest BCUT2D eigenvalue weighted by Gasteiger charge is -2.09. The van der Waals surface area contributed by atoms with Crippen molar-refractivity contribution in [3.05, 3.63) is 81.0 Å². The number of nitrogens with one attached hydrogen (secondary N) is 1. The van der Waals surface area contributed by atoms with Gasteiger partial charge < -0.3 is 9.30 Å². The highest BCUT2D eigenvalue weighted by atomic mass is 79.9. The van der Waals surface area contributed by atoms with Gasteiger partial charge in [0.1, 0.15) is 5.75 Å². The molecule has 0 saturated carbocycles. The molecule has 1 aromatic heterocycles. The van der Waals surface area contributed by atoms with Crippen LogP contribution in [0.4, 0.5) is 0 Å². The van der Waals surface area contributed by atoms with Crippen molar-refractivity contribution < 1.29 is 9.53 Å². The number of ether oxygens (including phenoxy) is 1. The molecule has 0 radical (unpaired) electrons. The number of benzene rings is 2. The van der Waals surface area contributed by atoms with Crippen LogP contribution < -0.4 is 10.2 Å². The maximum Gasteiger partial charge on any atom is 0.277 e. The second-order valence-corrected chi connectivity index (χ2v) is 7.53. The summed E-state index contributed by atoms with van der Waals surface area (Å²) in [5, 5.41) is 4.74. The number of amides is 1. The van der Waals surface area contributed by atoms with Gasteiger partial charge in [0.25, 0.3) is 5.91 Å². The van der Waals surface area contributed by atoms with E-state index in [9.17, 15) is 4.79 Å². The van der Waals surface area contributed by atoms with Gasteiger partial charge in [-0.15, -0.1) is 0 Å². The largest absolute Gasteiger partial charge is 0.484 e. The summed E-state index contributed by atoms with van der Waals surface area (Å²) in [5.41, 5.74) is 6.50. The minimum atomic E-state index is -0.331. The van der Waals surface area contributed by atoms with Crippen LogP contribution in [0.25, 0.3) is 5.69 Å². The van der Waals surface area contributed by atoms with Crippen LogP contribution in [0.3, 0.4) is 0 Å². The third kappa shape index (κ3) is 5.03. The number of nitrogens with zero attached hydrogens (tertiary/aromatic N) is 2. The molecule has 28 heavy (non-hydrogen) atoms. The molecule has 0 aliphatic rings. The number of hydrazone groups is 1. The minimum absolute atomic E-state index is 0.114. The Labute approximate surface area is 177 Å². The zero-order chi connectivity index (χ0) is 20.1. The molecular weight excluding hydrogens is 442 g/mol. The van der Waals surface area contributed by atoms with Crippen LogP contribution >= 0.6 is 27.5 Å². The normalized spacial score (nSPS) is 11.0.